The summed E-state index contributed by atoms with van der Waals surface area (Å²) in [5.74, 6) is 1.25. The largest absolute Gasteiger partial charge is 0.489 e. The molecule has 0 saturated carbocycles. The zero-order valence-corrected chi connectivity index (χ0v) is 17.0. The Kier molecular flexibility index (Phi) is 7.92. The maximum absolute atomic E-state index is 12.0. The molecule has 1 fully saturated rings. The minimum absolute atomic E-state index is 0.346. The van der Waals surface area contributed by atoms with Crippen LogP contribution in [-0.2, 0) is 17.9 Å². The molecule has 1 heterocycles. The van der Waals surface area contributed by atoms with Gasteiger partial charge in [-0.05, 0) is 49.6 Å². The molecule has 0 spiro atoms. The molecule has 0 unspecified atom stereocenters. The third kappa shape index (κ3) is 6.68. The van der Waals surface area contributed by atoms with E-state index in [2.05, 4.69) is 53.5 Å². The van der Waals surface area contributed by atoms with Crippen LogP contribution < -0.4 is 10.1 Å². The molecule has 3 rings (SSSR count). The summed E-state index contributed by atoms with van der Waals surface area (Å²) in [5.41, 5.74) is 3.75. The summed E-state index contributed by atoms with van der Waals surface area (Å²) in [7, 11) is 0. The van der Waals surface area contributed by atoms with E-state index in [1.807, 2.05) is 12.1 Å². The lowest BCUT2D eigenvalue weighted by Crippen LogP contribution is -2.82. The van der Waals surface area contributed by atoms with Crippen molar-refractivity contribution in [2.75, 3.05) is 19.6 Å². The first-order chi connectivity index (χ1) is 13.7. The van der Waals surface area contributed by atoms with E-state index in [0.29, 0.717) is 12.5 Å². The first-order valence-electron chi connectivity index (χ1n) is 10.6. The van der Waals surface area contributed by atoms with Gasteiger partial charge in [0, 0.05) is 31.5 Å². The number of amides is 1. The van der Waals surface area contributed by atoms with Gasteiger partial charge in [-0.15, -0.1) is 0 Å². The fourth-order valence-electron chi connectivity index (χ4n) is 3.54. The Bertz CT molecular complexity index is 725. The summed E-state index contributed by atoms with van der Waals surface area (Å²) in [5, 5.41) is 2.32. The molecule has 0 radical (unpaired) electrons. The van der Waals surface area contributed by atoms with Crippen LogP contribution in [0.3, 0.4) is 0 Å². The molecule has 2 aromatic rings. The molecule has 0 aliphatic carbocycles. The van der Waals surface area contributed by atoms with E-state index in [-0.39, 0.29) is 0 Å². The maximum atomic E-state index is 12.0. The number of nitrogens with two attached hydrogens (primary N) is 1. The monoisotopic (exact) mass is 381 g/mol. The highest BCUT2D eigenvalue weighted by Crippen LogP contribution is 2.14. The standard InChI is InChI=1S/C24H32N2O2/c1-20-7-9-22(10-8-20)19-28-23-13-11-21(12-14-23)18-25-15-5-17-26-16-4-2-3-6-24(26)27/h7-14,25H,2-6,15-19H2,1H3/p+1. The van der Waals surface area contributed by atoms with E-state index >= 15 is 0 Å². The summed E-state index contributed by atoms with van der Waals surface area (Å²) >= 11 is 0. The van der Waals surface area contributed by atoms with Gasteiger partial charge in [-0.3, -0.25) is 4.79 Å². The third-order valence-corrected chi connectivity index (χ3v) is 5.34. The smallest absolute Gasteiger partial charge is 0.222 e. The fourth-order valence-corrected chi connectivity index (χ4v) is 3.54. The number of carbonyl (C=O) groups is 1. The van der Waals surface area contributed by atoms with Gasteiger partial charge in [0.15, 0.2) is 0 Å². The van der Waals surface area contributed by atoms with Crippen molar-refractivity contribution in [1.29, 1.82) is 0 Å². The molecule has 2 aromatic carbocycles. The maximum Gasteiger partial charge on any atom is 0.222 e. The molecule has 1 amide bonds. The van der Waals surface area contributed by atoms with Gasteiger partial charge in [-0.25, -0.2) is 0 Å². The van der Waals surface area contributed by atoms with Gasteiger partial charge >= 0.3 is 0 Å². The van der Waals surface area contributed by atoms with Crippen LogP contribution in [0.4, 0.5) is 0 Å². The van der Waals surface area contributed by atoms with Crippen molar-refractivity contribution in [2.45, 2.75) is 52.2 Å². The number of benzene rings is 2. The molecule has 28 heavy (non-hydrogen) atoms. The predicted molar refractivity (Wildman–Crippen MR) is 112 cm³/mol. The summed E-state index contributed by atoms with van der Waals surface area (Å²) in [6, 6.07) is 16.8. The molecule has 0 bridgehead atoms. The molecule has 2 N–H and O–H groups in total. The lowest BCUT2D eigenvalue weighted by atomic mass is 10.2. The Balaban J connectivity index is 1.33. The SMILES string of the molecule is Cc1ccc(COc2ccc(C[NH2+]CCCN3CCCCCC3=O)cc2)cc1. The second kappa shape index (κ2) is 10.9. The number of nitrogens with zero attached hydrogens (tertiary/aromatic N) is 1. The molecule has 1 aliphatic heterocycles. The number of aryl methyl sites for hydroxylation is 1. The van der Waals surface area contributed by atoms with Gasteiger partial charge in [0.1, 0.15) is 18.9 Å². The Morgan fingerprint density at radius 1 is 0.964 bits per heavy atom. The number of likely N-dealkylation sites (tertiary alicyclic amines) is 1. The number of rotatable bonds is 9. The predicted octanol–water partition coefficient (Wildman–Crippen LogP) is 3.43. The van der Waals surface area contributed by atoms with E-state index in [1.165, 1.54) is 23.1 Å². The number of carbonyl (C=O) groups excluding carboxylic acids is 1. The van der Waals surface area contributed by atoms with Crippen molar-refractivity contribution in [3.8, 4) is 5.75 Å². The van der Waals surface area contributed by atoms with E-state index in [9.17, 15) is 4.79 Å². The Labute approximate surface area is 168 Å². The molecule has 1 aliphatic rings. The average molecular weight is 382 g/mol. The summed E-state index contributed by atoms with van der Waals surface area (Å²) in [4.78, 5) is 14.1. The van der Waals surface area contributed by atoms with Crippen LogP contribution in [0.5, 0.6) is 5.75 Å². The lowest BCUT2D eigenvalue weighted by molar-refractivity contribution is -0.670. The van der Waals surface area contributed by atoms with E-state index in [1.54, 1.807) is 0 Å². The molecule has 4 heteroatoms. The highest BCUT2D eigenvalue weighted by Gasteiger charge is 2.15. The van der Waals surface area contributed by atoms with Gasteiger partial charge in [0.2, 0.25) is 5.91 Å². The molecular formula is C24H33N2O2+. The quantitative estimate of drug-likeness (QED) is 0.677. The second-order valence-electron chi connectivity index (χ2n) is 7.74. The summed E-state index contributed by atoms with van der Waals surface area (Å²) in [6.07, 6.45) is 5.21. The average Bonchev–Trinajstić information content (AvgIpc) is 2.92. The van der Waals surface area contributed by atoms with Gasteiger partial charge in [0.05, 0.1) is 6.54 Å². The number of quaternary nitrogens is 1. The van der Waals surface area contributed by atoms with E-state index < -0.39 is 0 Å². The highest BCUT2D eigenvalue weighted by molar-refractivity contribution is 5.76. The first kappa shape index (κ1) is 20.4. The minimum Gasteiger partial charge on any atom is -0.489 e. The molecule has 150 valence electrons. The lowest BCUT2D eigenvalue weighted by Gasteiger charge is -2.19. The Hall–Kier alpha value is -2.33. The first-order valence-corrected chi connectivity index (χ1v) is 10.6. The van der Waals surface area contributed by atoms with Crippen molar-refractivity contribution >= 4 is 5.91 Å². The zero-order valence-electron chi connectivity index (χ0n) is 17.0. The molecule has 0 atom stereocenters. The topological polar surface area (TPSA) is 46.1 Å². The molecule has 0 aromatic heterocycles. The van der Waals surface area contributed by atoms with Crippen molar-refractivity contribution in [3.63, 3.8) is 0 Å². The van der Waals surface area contributed by atoms with Crippen molar-refractivity contribution in [1.82, 2.24) is 4.90 Å². The van der Waals surface area contributed by atoms with Gasteiger partial charge < -0.3 is 15.0 Å². The molecule has 4 nitrogen and oxygen atoms in total. The van der Waals surface area contributed by atoms with E-state index in [4.69, 9.17) is 4.74 Å². The second-order valence-corrected chi connectivity index (χ2v) is 7.74. The van der Waals surface area contributed by atoms with Crippen molar-refractivity contribution < 1.29 is 14.8 Å². The van der Waals surface area contributed by atoms with Gasteiger partial charge in [0.25, 0.3) is 0 Å². The zero-order chi connectivity index (χ0) is 19.6. The molecule has 1 saturated heterocycles. The van der Waals surface area contributed by atoms with Gasteiger partial charge in [-0.1, -0.05) is 36.2 Å². The normalized spacial score (nSPS) is 14.8. The summed E-state index contributed by atoms with van der Waals surface area (Å²) < 4.78 is 5.87. The van der Waals surface area contributed by atoms with E-state index in [0.717, 1.165) is 57.6 Å². The van der Waals surface area contributed by atoms with Gasteiger partial charge in [-0.2, -0.15) is 0 Å². The Morgan fingerprint density at radius 2 is 1.71 bits per heavy atom. The molecular weight excluding hydrogens is 348 g/mol. The van der Waals surface area contributed by atoms with Crippen molar-refractivity contribution in [3.05, 3.63) is 65.2 Å². The summed E-state index contributed by atoms with van der Waals surface area (Å²) in [6.45, 7) is 6.56. The van der Waals surface area contributed by atoms with Crippen molar-refractivity contribution in [2.24, 2.45) is 0 Å². The number of hydrogen-bond donors (Lipinski definition) is 1. The number of hydrogen-bond acceptors (Lipinski definition) is 2. The van der Waals surface area contributed by atoms with Crippen LogP contribution >= 0.6 is 0 Å². The minimum atomic E-state index is 0.346. The van der Waals surface area contributed by atoms with Crippen LogP contribution in [0.2, 0.25) is 0 Å². The van der Waals surface area contributed by atoms with Crippen LogP contribution in [0.15, 0.2) is 48.5 Å². The van der Waals surface area contributed by atoms with Crippen LogP contribution in [0.25, 0.3) is 0 Å². The Morgan fingerprint density at radius 3 is 2.50 bits per heavy atom. The highest BCUT2D eigenvalue weighted by atomic mass is 16.5. The third-order valence-electron chi connectivity index (χ3n) is 5.34. The van der Waals surface area contributed by atoms with Crippen LogP contribution in [0.1, 0.15) is 48.8 Å². The van der Waals surface area contributed by atoms with Crippen LogP contribution in [0, 0.1) is 6.92 Å². The fraction of sp³-hybridized carbons (Fsp3) is 0.458. The number of ether oxygens (including phenoxy) is 1. The van der Waals surface area contributed by atoms with Crippen LogP contribution in [-0.4, -0.2) is 30.4 Å².